The highest BCUT2D eigenvalue weighted by atomic mass is 32.2. The molecule has 2 heterocycles. The summed E-state index contributed by atoms with van der Waals surface area (Å²) >= 11 is 0. The van der Waals surface area contributed by atoms with Gasteiger partial charge in [0.2, 0.25) is 16.0 Å². The molecule has 0 saturated heterocycles. The number of sulfonamides is 1. The summed E-state index contributed by atoms with van der Waals surface area (Å²) in [7, 11) is -3.55. The predicted molar refractivity (Wildman–Crippen MR) is 139 cm³/mol. The fourth-order valence-corrected chi connectivity index (χ4v) is 5.24. The quantitative estimate of drug-likeness (QED) is 0.331. The molecule has 10 nitrogen and oxygen atoms in total. The summed E-state index contributed by atoms with van der Waals surface area (Å²) in [5.41, 5.74) is 8.17. The van der Waals surface area contributed by atoms with Crippen LogP contribution in [-0.2, 0) is 16.6 Å². The van der Waals surface area contributed by atoms with Gasteiger partial charge in [0.25, 0.3) is 0 Å². The molecule has 1 aromatic carbocycles. The third-order valence-electron chi connectivity index (χ3n) is 6.35. The zero-order valence-corrected chi connectivity index (χ0v) is 21.5. The Bertz CT molecular complexity index is 1230. The summed E-state index contributed by atoms with van der Waals surface area (Å²) < 4.78 is 29.8. The van der Waals surface area contributed by atoms with E-state index in [0.29, 0.717) is 35.4 Å². The summed E-state index contributed by atoms with van der Waals surface area (Å²) in [5.74, 6) is 1.55. The van der Waals surface area contributed by atoms with Crippen molar-refractivity contribution < 1.29 is 8.42 Å². The second kappa shape index (κ2) is 10.9. The molecule has 35 heavy (non-hydrogen) atoms. The number of nitrogens with two attached hydrogens (primary N) is 1. The van der Waals surface area contributed by atoms with E-state index < -0.39 is 10.0 Å². The molecule has 1 fully saturated rings. The van der Waals surface area contributed by atoms with Crippen LogP contribution >= 0.6 is 0 Å². The van der Waals surface area contributed by atoms with Gasteiger partial charge in [-0.05, 0) is 69.2 Å². The number of nitrogens with zero attached hydrogens (tertiary/aromatic N) is 4. The van der Waals surface area contributed by atoms with Gasteiger partial charge in [-0.1, -0.05) is 13.8 Å². The van der Waals surface area contributed by atoms with Crippen LogP contribution in [0.2, 0.25) is 0 Å². The van der Waals surface area contributed by atoms with E-state index in [1.807, 2.05) is 11.5 Å². The smallest absolute Gasteiger partial charge is 0.240 e. The minimum absolute atomic E-state index is 0.229. The van der Waals surface area contributed by atoms with Gasteiger partial charge in [-0.25, -0.2) is 18.1 Å². The summed E-state index contributed by atoms with van der Waals surface area (Å²) in [6.07, 6.45) is 6.49. The van der Waals surface area contributed by atoms with Gasteiger partial charge >= 0.3 is 0 Å². The summed E-state index contributed by atoms with van der Waals surface area (Å²) in [6.45, 7) is 7.32. The molecule has 1 saturated carbocycles. The highest BCUT2D eigenvalue weighted by Crippen LogP contribution is 2.27. The summed E-state index contributed by atoms with van der Waals surface area (Å²) in [4.78, 5) is 14.2. The molecule has 3 aromatic rings. The average molecular weight is 501 g/mol. The lowest BCUT2D eigenvalue weighted by atomic mass is 9.92. The van der Waals surface area contributed by atoms with Crippen molar-refractivity contribution in [2.45, 2.75) is 76.4 Å². The minimum Gasteiger partial charge on any atom is -0.351 e. The van der Waals surface area contributed by atoms with Crippen LogP contribution in [-0.4, -0.2) is 46.6 Å². The van der Waals surface area contributed by atoms with Gasteiger partial charge in [0.05, 0.1) is 11.2 Å². The van der Waals surface area contributed by atoms with Crippen molar-refractivity contribution in [3.05, 3.63) is 30.6 Å². The first-order chi connectivity index (χ1) is 16.7. The third kappa shape index (κ3) is 6.28. The number of hydrogen-bond acceptors (Lipinski definition) is 8. The lowest BCUT2D eigenvalue weighted by molar-refractivity contribution is 0.410. The monoisotopic (exact) mass is 500 g/mol. The van der Waals surface area contributed by atoms with Crippen LogP contribution in [0.1, 0.15) is 52.9 Å². The van der Waals surface area contributed by atoms with Gasteiger partial charge in [0.15, 0.2) is 17.0 Å². The van der Waals surface area contributed by atoms with Gasteiger partial charge in [0, 0.05) is 30.9 Å². The Morgan fingerprint density at radius 3 is 2.49 bits per heavy atom. The first-order valence-corrected chi connectivity index (χ1v) is 13.8. The molecule has 2 aromatic heterocycles. The number of rotatable bonds is 10. The zero-order chi connectivity index (χ0) is 25.0. The zero-order valence-electron chi connectivity index (χ0n) is 20.7. The lowest BCUT2D eigenvalue weighted by Crippen LogP contribution is -2.33. The van der Waals surface area contributed by atoms with Crippen LogP contribution in [0.3, 0.4) is 0 Å². The van der Waals surface area contributed by atoms with E-state index in [2.05, 4.69) is 34.2 Å². The van der Waals surface area contributed by atoms with Crippen molar-refractivity contribution in [1.29, 1.82) is 0 Å². The van der Waals surface area contributed by atoms with Crippen LogP contribution < -0.4 is 21.1 Å². The number of aromatic nitrogens is 4. The van der Waals surface area contributed by atoms with Crippen molar-refractivity contribution in [3.8, 4) is 0 Å². The largest absolute Gasteiger partial charge is 0.351 e. The number of benzene rings is 1. The number of anilines is 3. The predicted octanol–water partition coefficient (Wildman–Crippen LogP) is 3.60. The van der Waals surface area contributed by atoms with Crippen molar-refractivity contribution in [2.24, 2.45) is 11.7 Å². The van der Waals surface area contributed by atoms with Gasteiger partial charge in [-0.15, -0.1) is 0 Å². The number of hydrogen-bond donors (Lipinski definition) is 4. The van der Waals surface area contributed by atoms with E-state index in [9.17, 15) is 8.42 Å². The van der Waals surface area contributed by atoms with Crippen LogP contribution in [0.5, 0.6) is 0 Å². The molecule has 4 rings (SSSR count). The van der Waals surface area contributed by atoms with Gasteiger partial charge in [-0.2, -0.15) is 9.97 Å². The Balaban J connectivity index is 1.54. The van der Waals surface area contributed by atoms with Crippen molar-refractivity contribution >= 4 is 38.6 Å². The second-order valence-corrected chi connectivity index (χ2v) is 11.4. The number of imidazole rings is 1. The number of fused-ring (bicyclic) bond motifs is 1. The molecule has 5 N–H and O–H groups in total. The van der Waals surface area contributed by atoms with Crippen LogP contribution in [0, 0.1) is 5.92 Å². The van der Waals surface area contributed by atoms with E-state index in [-0.39, 0.29) is 17.0 Å². The standard InChI is InChI=1S/C24H36N8O2S/c1-4-32-15-26-21-22(30-24(31-23(21)32)29-19-7-5-17(25)6-8-19)28-18-9-11-20(12-10-18)35(33,34)27-14-13-16(2)3/h9-12,15-17,19,27H,4-8,13-14,25H2,1-3H3,(H2,28,29,30,31). The normalized spacial score (nSPS) is 18.8. The fourth-order valence-electron chi connectivity index (χ4n) is 4.19. The van der Waals surface area contributed by atoms with Crippen LogP contribution in [0.4, 0.5) is 17.5 Å². The van der Waals surface area contributed by atoms with E-state index in [4.69, 9.17) is 15.7 Å². The highest BCUT2D eigenvalue weighted by Gasteiger charge is 2.21. The van der Waals surface area contributed by atoms with E-state index in [1.54, 1.807) is 30.6 Å². The lowest BCUT2D eigenvalue weighted by Gasteiger charge is -2.26. The molecular weight excluding hydrogens is 464 g/mol. The molecule has 0 aliphatic heterocycles. The van der Waals surface area contributed by atoms with Crippen molar-refractivity contribution in [1.82, 2.24) is 24.2 Å². The molecular formula is C24H36N8O2S. The Labute approximate surface area is 207 Å². The van der Waals surface area contributed by atoms with Crippen LogP contribution in [0.25, 0.3) is 11.2 Å². The molecule has 1 aliphatic carbocycles. The van der Waals surface area contributed by atoms with Gasteiger partial charge in [-0.3, -0.25) is 0 Å². The fraction of sp³-hybridized carbons (Fsp3) is 0.542. The third-order valence-corrected chi connectivity index (χ3v) is 7.83. The maximum atomic E-state index is 12.6. The molecule has 0 unspecified atom stereocenters. The molecule has 0 amide bonds. The first-order valence-electron chi connectivity index (χ1n) is 12.4. The Morgan fingerprint density at radius 2 is 1.83 bits per heavy atom. The molecule has 0 spiro atoms. The van der Waals surface area contributed by atoms with Crippen molar-refractivity contribution in [2.75, 3.05) is 17.2 Å². The minimum atomic E-state index is -3.55. The molecule has 190 valence electrons. The Hall–Kier alpha value is -2.76. The number of nitrogens with one attached hydrogen (secondary N) is 3. The first kappa shape index (κ1) is 25.3. The molecule has 0 radical (unpaired) electrons. The Morgan fingerprint density at radius 1 is 1.11 bits per heavy atom. The van der Waals surface area contributed by atoms with E-state index in [1.165, 1.54) is 0 Å². The molecule has 0 atom stereocenters. The SMILES string of the molecule is CCn1cnc2c(Nc3ccc(S(=O)(=O)NCCC(C)C)cc3)nc(NC3CCC(N)CC3)nc21. The molecule has 11 heteroatoms. The van der Waals surface area contributed by atoms with E-state index in [0.717, 1.165) is 44.3 Å². The van der Waals surface area contributed by atoms with Crippen LogP contribution in [0.15, 0.2) is 35.5 Å². The average Bonchev–Trinajstić information content (AvgIpc) is 3.24. The number of aryl methyl sites for hydroxylation is 1. The topological polar surface area (TPSA) is 140 Å². The van der Waals surface area contributed by atoms with Gasteiger partial charge in [0.1, 0.15) is 0 Å². The Kier molecular flexibility index (Phi) is 7.88. The maximum Gasteiger partial charge on any atom is 0.240 e. The summed E-state index contributed by atoms with van der Waals surface area (Å²) in [6, 6.07) is 7.20. The van der Waals surface area contributed by atoms with Crippen molar-refractivity contribution in [3.63, 3.8) is 0 Å². The van der Waals surface area contributed by atoms with Gasteiger partial charge < -0.3 is 20.9 Å². The van der Waals surface area contributed by atoms with E-state index >= 15 is 0 Å². The summed E-state index contributed by atoms with van der Waals surface area (Å²) in [5, 5.41) is 6.77. The maximum absolute atomic E-state index is 12.6. The highest BCUT2D eigenvalue weighted by molar-refractivity contribution is 7.89. The molecule has 1 aliphatic rings. The molecule has 0 bridgehead atoms. The second-order valence-electron chi connectivity index (χ2n) is 9.58.